The molecule has 78 valence electrons. The molecule has 0 bridgehead atoms. The van der Waals surface area contributed by atoms with E-state index in [2.05, 4.69) is 0 Å². The quantitative estimate of drug-likeness (QED) is 0.616. The van der Waals surface area contributed by atoms with Crippen LogP contribution in [0.5, 0.6) is 0 Å². The van der Waals surface area contributed by atoms with E-state index >= 15 is 0 Å². The number of alkyl halides is 3. The third-order valence-electron chi connectivity index (χ3n) is 1.99. The summed E-state index contributed by atoms with van der Waals surface area (Å²) < 4.78 is 49.2. The SMILES string of the molecule is Cc1cc(F)c(C)c(CC(F)(F)F)c1. The molecule has 1 rings (SSSR count). The average Bonchev–Trinajstić information content (AvgIpc) is 1.96. The molecule has 1 aromatic carbocycles. The fourth-order valence-electron chi connectivity index (χ4n) is 1.29. The summed E-state index contributed by atoms with van der Waals surface area (Å²) in [6.45, 7) is 2.93. The Morgan fingerprint density at radius 2 is 1.71 bits per heavy atom. The van der Waals surface area contributed by atoms with Crippen LogP contribution >= 0.6 is 0 Å². The van der Waals surface area contributed by atoms with Gasteiger partial charge in [-0.2, -0.15) is 13.2 Å². The maximum absolute atomic E-state index is 13.0. The Balaban J connectivity index is 3.09. The smallest absolute Gasteiger partial charge is 0.207 e. The first-order valence-corrected chi connectivity index (χ1v) is 4.12. The van der Waals surface area contributed by atoms with Gasteiger partial charge in [-0.05, 0) is 36.6 Å². The lowest BCUT2D eigenvalue weighted by Crippen LogP contribution is -2.13. The summed E-state index contributed by atoms with van der Waals surface area (Å²) in [4.78, 5) is 0. The van der Waals surface area contributed by atoms with E-state index in [-0.39, 0.29) is 11.1 Å². The van der Waals surface area contributed by atoms with Gasteiger partial charge in [-0.1, -0.05) is 6.07 Å². The molecule has 0 N–H and O–H groups in total. The lowest BCUT2D eigenvalue weighted by Gasteiger charge is -2.10. The molecule has 0 atom stereocenters. The zero-order valence-electron chi connectivity index (χ0n) is 7.87. The van der Waals surface area contributed by atoms with Gasteiger partial charge >= 0.3 is 6.18 Å². The standard InChI is InChI=1S/C10H10F4/c1-6-3-8(5-10(12,13)14)7(2)9(11)4-6/h3-4H,5H2,1-2H3. The molecule has 0 spiro atoms. The van der Waals surface area contributed by atoms with Crippen molar-refractivity contribution in [3.05, 3.63) is 34.6 Å². The average molecular weight is 206 g/mol. The number of halogens is 4. The van der Waals surface area contributed by atoms with Gasteiger partial charge in [0.25, 0.3) is 0 Å². The van der Waals surface area contributed by atoms with E-state index in [1.807, 2.05) is 0 Å². The number of hydrogen-bond acceptors (Lipinski definition) is 0. The van der Waals surface area contributed by atoms with Crippen molar-refractivity contribution in [2.24, 2.45) is 0 Å². The number of benzene rings is 1. The second-order valence-corrected chi connectivity index (χ2v) is 3.32. The van der Waals surface area contributed by atoms with Crippen LogP contribution in [0.4, 0.5) is 17.6 Å². The van der Waals surface area contributed by atoms with Crippen LogP contribution in [0.15, 0.2) is 12.1 Å². The summed E-state index contributed by atoms with van der Waals surface area (Å²) in [6, 6.07) is 2.60. The van der Waals surface area contributed by atoms with Crippen molar-refractivity contribution in [2.45, 2.75) is 26.4 Å². The van der Waals surface area contributed by atoms with Gasteiger partial charge in [0.1, 0.15) is 5.82 Å². The minimum Gasteiger partial charge on any atom is -0.207 e. The predicted octanol–water partition coefficient (Wildman–Crippen LogP) is 3.55. The molecule has 0 radical (unpaired) electrons. The Kier molecular flexibility index (Phi) is 2.83. The lowest BCUT2D eigenvalue weighted by molar-refractivity contribution is -0.127. The molecule has 0 amide bonds. The van der Waals surface area contributed by atoms with Gasteiger partial charge in [-0.25, -0.2) is 4.39 Å². The summed E-state index contributed by atoms with van der Waals surface area (Å²) in [6.07, 6.45) is -5.36. The second-order valence-electron chi connectivity index (χ2n) is 3.32. The predicted molar refractivity (Wildman–Crippen MR) is 45.6 cm³/mol. The van der Waals surface area contributed by atoms with Gasteiger partial charge in [0.15, 0.2) is 0 Å². The van der Waals surface area contributed by atoms with E-state index < -0.39 is 18.4 Å². The highest BCUT2D eigenvalue weighted by atomic mass is 19.4. The van der Waals surface area contributed by atoms with Gasteiger partial charge < -0.3 is 0 Å². The fourth-order valence-corrected chi connectivity index (χ4v) is 1.29. The van der Waals surface area contributed by atoms with E-state index in [4.69, 9.17) is 0 Å². The fraction of sp³-hybridized carbons (Fsp3) is 0.400. The molecular formula is C10H10F4. The topological polar surface area (TPSA) is 0 Å². The largest absolute Gasteiger partial charge is 0.393 e. The molecule has 0 fully saturated rings. The van der Waals surface area contributed by atoms with Gasteiger partial charge in [0, 0.05) is 0 Å². The number of rotatable bonds is 1. The Labute approximate surface area is 79.6 Å². The zero-order valence-corrected chi connectivity index (χ0v) is 7.87. The summed E-state index contributed by atoms with van der Waals surface area (Å²) in [5.41, 5.74) is 0.593. The summed E-state index contributed by atoms with van der Waals surface area (Å²) in [5.74, 6) is -0.579. The molecule has 0 aliphatic rings. The van der Waals surface area contributed by atoms with Crippen molar-refractivity contribution < 1.29 is 17.6 Å². The van der Waals surface area contributed by atoms with E-state index in [9.17, 15) is 17.6 Å². The van der Waals surface area contributed by atoms with Crippen molar-refractivity contribution in [3.8, 4) is 0 Å². The molecule has 0 saturated heterocycles. The number of hydrogen-bond donors (Lipinski definition) is 0. The first kappa shape index (κ1) is 11.0. The monoisotopic (exact) mass is 206 g/mol. The van der Waals surface area contributed by atoms with Crippen molar-refractivity contribution in [2.75, 3.05) is 0 Å². The molecule has 0 aliphatic carbocycles. The number of aryl methyl sites for hydroxylation is 1. The van der Waals surface area contributed by atoms with Crippen molar-refractivity contribution in [1.82, 2.24) is 0 Å². The van der Waals surface area contributed by atoms with Crippen LogP contribution in [-0.2, 0) is 6.42 Å². The van der Waals surface area contributed by atoms with Crippen LogP contribution in [-0.4, -0.2) is 6.18 Å². The molecule has 4 heteroatoms. The maximum atomic E-state index is 13.0. The molecule has 0 aromatic heterocycles. The maximum Gasteiger partial charge on any atom is 0.393 e. The van der Waals surface area contributed by atoms with Crippen LogP contribution in [0.2, 0.25) is 0 Å². The third kappa shape index (κ3) is 2.72. The van der Waals surface area contributed by atoms with Gasteiger partial charge in [0.2, 0.25) is 0 Å². The van der Waals surface area contributed by atoms with E-state index in [1.54, 1.807) is 6.92 Å². The second kappa shape index (κ2) is 3.59. The Bertz CT molecular complexity index is 339. The minimum absolute atomic E-state index is 0.00926. The Morgan fingerprint density at radius 1 is 1.14 bits per heavy atom. The van der Waals surface area contributed by atoms with E-state index in [1.165, 1.54) is 19.1 Å². The first-order chi connectivity index (χ1) is 6.29. The van der Waals surface area contributed by atoms with Gasteiger partial charge in [-0.15, -0.1) is 0 Å². The molecule has 0 nitrogen and oxygen atoms in total. The highest BCUT2D eigenvalue weighted by molar-refractivity contribution is 5.32. The highest BCUT2D eigenvalue weighted by Gasteiger charge is 2.28. The summed E-state index contributed by atoms with van der Waals surface area (Å²) in [5, 5.41) is 0. The van der Waals surface area contributed by atoms with Crippen molar-refractivity contribution >= 4 is 0 Å². The van der Waals surface area contributed by atoms with Crippen LogP contribution in [0.25, 0.3) is 0 Å². The van der Waals surface area contributed by atoms with E-state index in [0.29, 0.717) is 5.56 Å². The van der Waals surface area contributed by atoms with Crippen LogP contribution in [0.3, 0.4) is 0 Å². The lowest BCUT2D eigenvalue weighted by atomic mass is 10.0. The van der Waals surface area contributed by atoms with Crippen LogP contribution in [0.1, 0.15) is 16.7 Å². The van der Waals surface area contributed by atoms with Crippen molar-refractivity contribution in [3.63, 3.8) is 0 Å². The summed E-state index contributed by atoms with van der Waals surface area (Å²) in [7, 11) is 0. The minimum atomic E-state index is -4.29. The zero-order chi connectivity index (χ0) is 10.9. The molecule has 1 aromatic rings. The molecule has 0 saturated carbocycles. The van der Waals surface area contributed by atoms with Crippen molar-refractivity contribution in [1.29, 1.82) is 0 Å². The van der Waals surface area contributed by atoms with E-state index in [0.717, 1.165) is 0 Å². The van der Waals surface area contributed by atoms with Gasteiger partial charge in [-0.3, -0.25) is 0 Å². The van der Waals surface area contributed by atoms with Gasteiger partial charge in [0.05, 0.1) is 6.42 Å². The third-order valence-corrected chi connectivity index (χ3v) is 1.99. The normalized spacial score (nSPS) is 11.9. The Morgan fingerprint density at radius 3 is 2.21 bits per heavy atom. The molecular weight excluding hydrogens is 196 g/mol. The Hall–Kier alpha value is -1.06. The van der Waals surface area contributed by atoms with Crippen LogP contribution in [0, 0.1) is 19.7 Å². The first-order valence-electron chi connectivity index (χ1n) is 4.12. The highest BCUT2D eigenvalue weighted by Crippen LogP contribution is 2.25. The molecule has 14 heavy (non-hydrogen) atoms. The molecule has 0 aliphatic heterocycles. The summed E-state index contributed by atoms with van der Waals surface area (Å²) >= 11 is 0. The molecule has 0 heterocycles. The van der Waals surface area contributed by atoms with Crippen LogP contribution < -0.4 is 0 Å². The molecule has 0 unspecified atom stereocenters.